The zero-order valence-electron chi connectivity index (χ0n) is 11.7. The molecule has 1 aromatic carbocycles. The Kier molecular flexibility index (Phi) is 5.67. The van der Waals surface area contributed by atoms with E-state index in [4.69, 9.17) is 4.74 Å². The second-order valence-electron chi connectivity index (χ2n) is 4.97. The first-order valence-corrected chi connectivity index (χ1v) is 6.33. The summed E-state index contributed by atoms with van der Waals surface area (Å²) >= 11 is 0. The molecule has 18 heavy (non-hydrogen) atoms. The molecule has 98 valence electrons. The van der Waals surface area contributed by atoms with E-state index < -0.39 is 0 Å². The zero-order valence-corrected chi connectivity index (χ0v) is 11.7. The minimum atomic E-state index is 0.551. The van der Waals surface area contributed by atoms with Gasteiger partial charge in [0, 0.05) is 20.2 Å². The molecule has 0 aromatic heterocycles. The Morgan fingerprint density at radius 3 is 2.67 bits per heavy atom. The Hall–Kier alpha value is -1.53. The molecule has 0 spiro atoms. The third-order valence-corrected chi connectivity index (χ3v) is 2.76. The molecule has 0 unspecified atom stereocenters. The van der Waals surface area contributed by atoms with Gasteiger partial charge in [-0.1, -0.05) is 19.9 Å². The number of aryl methyl sites for hydroxylation is 1. The summed E-state index contributed by atoms with van der Waals surface area (Å²) in [5.41, 5.74) is 2.87. The number of nitrogens with zero attached hydrogens (tertiary/aromatic N) is 2. The van der Waals surface area contributed by atoms with Gasteiger partial charge in [-0.15, -0.1) is 0 Å². The average Bonchev–Trinajstić information content (AvgIpc) is 2.34. The van der Waals surface area contributed by atoms with Crippen molar-refractivity contribution in [2.45, 2.75) is 20.8 Å². The maximum Gasteiger partial charge on any atom is 0.101 e. The van der Waals surface area contributed by atoms with Gasteiger partial charge in [-0.25, -0.2) is 0 Å². The first-order chi connectivity index (χ1) is 8.58. The molecule has 3 heteroatoms. The van der Waals surface area contributed by atoms with E-state index in [0.717, 1.165) is 29.9 Å². The second kappa shape index (κ2) is 7.03. The number of nitriles is 1. The van der Waals surface area contributed by atoms with Gasteiger partial charge in [0.1, 0.15) is 6.07 Å². The summed E-state index contributed by atoms with van der Waals surface area (Å²) in [6.45, 7) is 8.78. The summed E-state index contributed by atoms with van der Waals surface area (Å²) < 4.78 is 5.15. The molecule has 0 saturated heterocycles. The van der Waals surface area contributed by atoms with Crippen LogP contribution in [0.5, 0.6) is 0 Å². The summed E-state index contributed by atoms with van der Waals surface area (Å²) in [5.74, 6) is 0.551. The molecule has 0 aliphatic heterocycles. The van der Waals surface area contributed by atoms with Crippen molar-refractivity contribution in [3.63, 3.8) is 0 Å². The van der Waals surface area contributed by atoms with Gasteiger partial charge in [-0.3, -0.25) is 0 Å². The Balaban J connectivity index is 3.00. The van der Waals surface area contributed by atoms with E-state index in [-0.39, 0.29) is 0 Å². The highest BCUT2D eigenvalue weighted by Gasteiger charge is 2.12. The lowest BCUT2D eigenvalue weighted by molar-refractivity contribution is 0.204. The minimum Gasteiger partial charge on any atom is -0.383 e. The molecule has 0 aliphatic rings. The molecule has 0 radical (unpaired) electrons. The lowest BCUT2D eigenvalue weighted by Crippen LogP contribution is -2.31. The van der Waals surface area contributed by atoms with Gasteiger partial charge in [0.25, 0.3) is 0 Å². The van der Waals surface area contributed by atoms with Crippen molar-refractivity contribution in [1.82, 2.24) is 0 Å². The normalized spacial score (nSPS) is 10.4. The summed E-state index contributed by atoms with van der Waals surface area (Å²) in [5, 5.41) is 9.24. The number of benzene rings is 1. The number of hydrogen-bond donors (Lipinski definition) is 0. The van der Waals surface area contributed by atoms with Crippen molar-refractivity contribution >= 4 is 5.69 Å². The Morgan fingerprint density at radius 1 is 1.39 bits per heavy atom. The van der Waals surface area contributed by atoms with Crippen LogP contribution < -0.4 is 4.90 Å². The fraction of sp³-hybridized carbons (Fsp3) is 0.533. The molecule has 1 aromatic rings. The molecule has 1 rings (SSSR count). The Morgan fingerprint density at radius 2 is 2.11 bits per heavy atom. The van der Waals surface area contributed by atoms with Gasteiger partial charge >= 0.3 is 0 Å². The average molecular weight is 246 g/mol. The summed E-state index contributed by atoms with van der Waals surface area (Å²) in [6, 6.07) is 8.31. The van der Waals surface area contributed by atoms with E-state index >= 15 is 0 Å². The number of ether oxygens (including phenoxy) is 1. The van der Waals surface area contributed by atoms with Gasteiger partial charge in [-0.05, 0) is 30.5 Å². The van der Waals surface area contributed by atoms with Crippen LogP contribution in [0.25, 0.3) is 0 Å². The molecule has 0 amide bonds. The smallest absolute Gasteiger partial charge is 0.101 e. The van der Waals surface area contributed by atoms with E-state index in [1.54, 1.807) is 7.11 Å². The van der Waals surface area contributed by atoms with E-state index in [1.807, 2.05) is 19.1 Å². The predicted molar refractivity (Wildman–Crippen MR) is 74.8 cm³/mol. The quantitative estimate of drug-likeness (QED) is 0.774. The standard InChI is InChI=1S/C15H22N2O/c1-12(2)11-17(7-8-18-4)15-6-5-13(3)9-14(15)10-16/h5-6,9,12H,7-8,11H2,1-4H3. The van der Waals surface area contributed by atoms with Crippen LogP contribution in [0.3, 0.4) is 0 Å². The van der Waals surface area contributed by atoms with Gasteiger partial charge in [0.15, 0.2) is 0 Å². The highest BCUT2D eigenvalue weighted by atomic mass is 16.5. The van der Waals surface area contributed by atoms with Gasteiger partial charge in [-0.2, -0.15) is 5.26 Å². The molecule has 3 nitrogen and oxygen atoms in total. The maximum absolute atomic E-state index is 9.24. The maximum atomic E-state index is 9.24. The van der Waals surface area contributed by atoms with Crippen LogP contribution in [0, 0.1) is 24.2 Å². The Labute approximate surface area is 110 Å². The van der Waals surface area contributed by atoms with Crippen LogP contribution in [0.15, 0.2) is 18.2 Å². The van der Waals surface area contributed by atoms with Crippen LogP contribution in [0.2, 0.25) is 0 Å². The molecule has 0 aliphatic carbocycles. The van der Waals surface area contributed by atoms with Crippen LogP contribution >= 0.6 is 0 Å². The molecule has 0 fully saturated rings. The highest BCUT2D eigenvalue weighted by molar-refractivity contribution is 5.60. The van der Waals surface area contributed by atoms with Crippen LogP contribution in [-0.4, -0.2) is 26.8 Å². The van der Waals surface area contributed by atoms with Gasteiger partial charge < -0.3 is 9.64 Å². The zero-order chi connectivity index (χ0) is 13.5. The second-order valence-corrected chi connectivity index (χ2v) is 4.97. The van der Waals surface area contributed by atoms with Crippen molar-refractivity contribution in [2.24, 2.45) is 5.92 Å². The fourth-order valence-corrected chi connectivity index (χ4v) is 1.97. The molecular formula is C15H22N2O. The van der Waals surface area contributed by atoms with Crippen molar-refractivity contribution in [3.05, 3.63) is 29.3 Å². The first kappa shape index (κ1) is 14.5. The van der Waals surface area contributed by atoms with Crippen molar-refractivity contribution in [3.8, 4) is 6.07 Å². The first-order valence-electron chi connectivity index (χ1n) is 6.33. The largest absolute Gasteiger partial charge is 0.383 e. The van der Waals surface area contributed by atoms with Crippen molar-refractivity contribution < 1.29 is 4.74 Å². The molecule has 0 atom stereocenters. The van der Waals surface area contributed by atoms with Crippen molar-refractivity contribution in [1.29, 1.82) is 5.26 Å². The number of methoxy groups -OCH3 is 1. The van der Waals surface area contributed by atoms with Crippen LogP contribution in [0.4, 0.5) is 5.69 Å². The number of anilines is 1. The molecule has 0 saturated carbocycles. The fourth-order valence-electron chi connectivity index (χ4n) is 1.97. The Bertz CT molecular complexity index is 421. The monoisotopic (exact) mass is 246 g/mol. The SMILES string of the molecule is COCCN(CC(C)C)c1ccc(C)cc1C#N. The molecule has 0 heterocycles. The van der Waals surface area contributed by atoms with Crippen LogP contribution in [0.1, 0.15) is 25.0 Å². The van der Waals surface area contributed by atoms with E-state index in [1.165, 1.54) is 0 Å². The predicted octanol–water partition coefficient (Wildman–Crippen LogP) is 2.98. The van der Waals surface area contributed by atoms with Crippen molar-refractivity contribution in [2.75, 3.05) is 31.7 Å². The number of hydrogen-bond acceptors (Lipinski definition) is 3. The van der Waals surface area contributed by atoms with Gasteiger partial charge in [0.05, 0.1) is 17.9 Å². The van der Waals surface area contributed by atoms with E-state index in [9.17, 15) is 5.26 Å². The summed E-state index contributed by atoms with van der Waals surface area (Å²) in [4.78, 5) is 2.23. The topological polar surface area (TPSA) is 36.3 Å². The number of rotatable bonds is 6. The summed E-state index contributed by atoms with van der Waals surface area (Å²) in [7, 11) is 1.70. The summed E-state index contributed by atoms with van der Waals surface area (Å²) in [6.07, 6.45) is 0. The van der Waals surface area contributed by atoms with Crippen LogP contribution in [-0.2, 0) is 4.74 Å². The molecule has 0 bridgehead atoms. The molecule has 0 N–H and O–H groups in total. The highest BCUT2D eigenvalue weighted by Crippen LogP contribution is 2.22. The third kappa shape index (κ3) is 4.05. The van der Waals surface area contributed by atoms with Gasteiger partial charge in [0.2, 0.25) is 0 Å². The van der Waals surface area contributed by atoms with E-state index in [0.29, 0.717) is 12.5 Å². The minimum absolute atomic E-state index is 0.551. The molecular weight excluding hydrogens is 224 g/mol. The lowest BCUT2D eigenvalue weighted by Gasteiger charge is -2.27. The third-order valence-electron chi connectivity index (χ3n) is 2.76. The van der Waals surface area contributed by atoms with E-state index in [2.05, 4.69) is 30.9 Å². The lowest BCUT2D eigenvalue weighted by atomic mass is 10.1.